The lowest BCUT2D eigenvalue weighted by Crippen LogP contribution is -2.30. The van der Waals surface area contributed by atoms with Crippen LogP contribution in [0.15, 0.2) is 71.2 Å². The van der Waals surface area contributed by atoms with E-state index in [9.17, 15) is 9.59 Å². The van der Waals surface area contributed by atoms with Gasteiger partial charge in [-0.2, -0.15) is 0 Å². The molecule has 0 radical (unpaired) electrons. The Labute approximate surface area is 198 Å². The first-order valence-corrected chi connectivity index (χ1v) is 11.1. The number of benzene rings is 3. The highest BCUT2D eigenvalue weighted by atomic mass is 79.9. The molecule has 1 aliphatic rings. The Morgan fingerprint density at radius 1 is 0.939 bits per heavy atom. The molecule has 2 amide bonds. The molecule has 0 saturated carbocycles. The first kappa shape index (κ1) is 21.1. The molecule has 0 fully saturated rings. The number of rotatable bonds is 6. The minimum absolute atomic E-state index is 0.00440. The highest BCUT2D eigenvalue weighted by Crippen LogP contribution is 2.27. The van der Waals surface area contributed by atoms with Crippen LogP contribution in [0.25, 0.3) is 10.9 Å². The van der Waals surface area contributed by atoms with Crippen molar-refractivity contribution in [3.63, 3.8) is 0 Å². The molecule has 0 saturated heterocycles. The highest BCUT2D eigenvalue weighted by Gasteiger charge is 2.35. The predicted octanol–water partition coefficient (Wildman–Crippen LogP) is 4.81. The first-order valence-electron chi connectivity index (χ1n) is 10.3. The Morgan fingerprint density at radius 2 is 1.64 bits per heavy atom. The zero-order valence-corrected chi connectivity index (χ0v) is 19.3. The Bertz CT molecular complexity index is 1350. The largest absolute Gasteiger partial charge is 0.497 e. The molecule has 1 N–H and O–H groups in total. The Balaban J connectivity index is 1.45. The van der Waals surface area contributed by atoms with Crippen LogP contribution in [0, 0.1) is 0 Å². The van der Waals surface area contributed by atoms with Crippen molar-refractivity contribution in [3.05, 3.63) is 93.7 Å². The number of ether oxygens (including phenoxy) is 1. The minimum Gasteiger partial charge on any atom is -0.497 e. The monoisotopic (exact) mass is 502 g/mol. The van der Waals surface area contributed by atoms with E-state index in [0.717, 1.165) is 26.7 Å². The van der Waals surface area contributed by atoms with E-state index in [1.165, 1.54) is 4.90 Å². The van der Waals surface area contributed by atoms with Gasteiger partial charge >= 0.3 is 0 Å². The van der Waals surface area contributed by atoms with E-state index < -0.39 is 0 Å². The molecule has 1 aromatic heterocycles. The summed E-state index contributed by atoms with van der Waals surface area (Å²) in [5.41, 5.74) is 2.59. The number of hydrogen-bond donors (Lipinski definition) is 1. The topological polar surface area (TPSA) is 84.4 Å². The number of carbonyl (C=O) groups is 2. The summed E-state index contributed by atoms with van der Waals surface area (Å²) in [6, 6.07) is 20.3. The number of fused-ring (bicyclic) bond motifs is 2. The van der Waals surface area contributed by atoms with Crippen LogP contribution in [0.4, 0.5) is 5.82 Å². The SMILES string of the molecule is COc1ccc(CNc2nc(CN3C(=O)c4ccccc4C3=O)nc3ccc(Br)cc23)cc1. The zero-order valence-electron chi connectivity index (χ0n) is 17.7. The van der Waals surface area contributed by atoms with Gasteiger partial charge in [-0.05, 0) is 48.0 Å². The van der Waals surface area contributed by atoms with E-state index >= 15 is 0 Å². The van der Waals surface area contributed by atoms with Gasteiger partial charge in [0.1, 0.15) is 11.6 Å². The predicted molar refractivity (Wildman–Crippen MR) is 128 cm³/mol. The Hall–Kier alpha value is -3.78. The molecule has 0 unspecified atom stereocenters. The van der Waals surface area contributed by atoms with Gasteiger partial charge in [-0.1, -0.05) is 40.2 Å². The van der Waals surface area contributed by atoms with Crippen LogP contribution in [0.1, 0.15) is 32.1 Å². The molecule has 0 spiro atoms. The van der Waals surface area contributed by atoms with Crippen LogP contribution in [-0.2, 0) is 13.1 Å². The van der Waals surface area contributed by atoms with Crippen LogP contribution in [0.2, 0.25) is 0 Å². The van der Waals surface area contributed by atoms with Crippen molar-refractivity contribution in [1.82, 2.24) is 14.9 Å². The van der Waals surface area contributed by atoms with E-state index in [1.807, 2.05) is 42.5 Å². The molecular formula is C25H19BrN4O3. The van der Waals surface area contributed by atoms with Crippen molar-refractivity contribution in [2.45, 2.75) is 13.1 Å². The van der Waals surface area contributed by atoms with Crippen molar-refractivity contribution in [2.75, 3.05) is 12.4 Å². The van der Waals surface area contributed by atoms with Crippen LogP contribution < -0.4 is 10.1 Å². The van der Waals surface area contributed by atoms with Gasteiger partial charge in [0.2, 0.25) is 0 Å². The van der Waals surface area contributed by atoms with Crippen molar-refractivity contribution in [1.29, 1.82) is 0 Å². The summed E-state index contributed by atoms with van der Waals surface area (Å²) in [5, 5.41) is 4.21. The third kappa shape index (κ3) is 4.05. The van der Waals surface area contributed by atoms with Crippen LogP contribution in [-0.4, -0.2) is 33.8 Å². The van der Waals surface area contributed by atoms with Gasteiger partial charge in [-0.15, -0.1) is 0 Å². The summed E-state index contributed by atoms with van der Waals surface area (Å²) in [4.78, 5) is 36.1. The average Bonchev–Trinajstić information content (AvgIpc) is 3.08. The number of aromatic nitrogens is 2. The van der Waals surface area contributed by atoms with Gasteiger partial charge in [-0.25, -0.2) is 9.97 Å². The third-order valence-corrected chi connectivity index (χ3v) is 5.99. The minimum atomic E-state index is -0.331. The van der Waals surface area contributed by atoms with Gasteiger partial charge in [-0.3, -0.25) is 14.5 Å². The molecule has 0 atom stereocenters. The van der Waals surface area contributed by atoms with E-state index in [2.05, 4.69) is 31.2 Å². The summed E-state index contributed by atoms with van der Waals surface area (Å²) in [7, 11) is 1.63. The Morgan fingerprint density at radius 3 is 2.30 bits per heavy atom. The summed E-state index contributed by atoms with van der Waals surface area (Å²) in [6.07, 6.45) is 0. The van der Waals surface area contributed by atoms with Gasteiger partial charge in [0.15, 0.2) is 5.82 Å². The standard InChI is InChI=1S/C25H19BrN4O3/c1-33-17-9-6-15(7-10-17)13-27-23-20-12-16(26)8-11-21(20)28-22(29-23)14-30-24(31)18-4-2-3-5-19(18)25(30)32/h2-12H,13-14H2,1H3,(H,27,28,29). The quantitative estimate of drug-likeness (QED) is 0.381. The van der Waals surface area contributed by atoms with Crippen molar-refractivity contribution in [3.8, 4) is 5.75 Å². The first-order chi connectivity index (χ1) is 16.0. The average molecular weight is 503 g/mol. The van der Waals surface area contributed by atoms with E-state index in [1.54, 1.807) is 31.4 Å². The lowest BCUT2D eigenvalue weighted by molar-refractivity contribution is 0.0638. The smallest absolute Gasteiger partial charge is 0.261 e. The van der Waals surface area contributed by atoms with Gasteiger partial charge < -0.3 is 10.1 Å². The number of hydrogen-bond acceptors (Lipinski definition) is 6. The molecule has 8 heteroatoms. The number of amides is 2. The lowest BCUT2D eigenvalue weighted by Gasteiger charge is -2.15. The fourth-order valence-electron chi connectivity index (χ4n) is 3.81. The molecular weight excluding hydrogens is 484 g/mol. The molecule has 33 heavy (non-hydrogen) atoms. The molecule has 7 nitrogen and oxygen atoms in total. The third-order valence-electron chi connectivity index (χ3n) is 5.50. The van der Waals surface area contributed by atoms with Crippen molar-refractivity contribution >= 4 is 44.5 Å². The van der Waals surface area contributed by atoms with E-state index in [0.29, 0.717) is 29.3 Å². The summed E-state index contributed by atoms with van der Waals surface area (Å²) >= 11 is 3.51. The van der Waals surface area contributed by atoms with Crippen molar-refractivity contribution < 1.29 is 14.3 Å². The number of nitrogens with one attached hydrogen (secondary N) is 1. The number of anilines is 1. The molecule has 0 bridgehead atoms. The number of nitrogens with zero attached hydrogens (tertiary/aromatic N) is 3. The van der Waals surface area contributed by atoms with Crippen LogP contribution >= 0.6 is 15.9 Å². The molecule has 5 rings (SSSR count). The number of imide groups is 1. The summed E-state index contributed by atoms with van der Waals surface area (Å²) < 4.78 is 6.12. The fraction of sp³-hybridized carbons (Fsp3) is 0.120. The van der Waals surface area contributed by atoms with E-state index in [4.69, 9.17) is 4.74 Å². The normalized spacial score (nSPS) is 12.8. The van der Waals surface area contributed by atoms with Gasteiger partial charge in [0, 0.05) is 16.4 Å². The number of methoxy groups -OCH3 is 1. The van der Waals surface area contributed by atoms with E-state index in [-0.39, 0.29) is 18.4 Å². The molecule has 2 heterocycles. The van der Waals surface area contributed by atoms with Crippen molar-refractivity contribution in [2.24, 2.45) is 0 Å². The van der Waals surface area contributed by atoms with Crippen LogP contribution in [0.3, 0.4) is 0 Å². The second-order valence-corrected chi connectivity index (χ2v) is 8.51. The molecule has 4 aromatic rings. The maximum Gasteiger partial charge on any atom is 0.261 e. The maximum absolute atomic E-state index is 12.8. The second kappa shape index (κ2) is 8.63. The second-order valence-electron chi connectivity index (χ2n) is 7.59. The van der Waals surface area contributed by atoms with Crippen LogP contribution in [0.5, 0.6) is 5.75 Å². The number of carbonyl (C=O) groups excluding carboxylic acids is 2. The molecule has 1 aliphatic heterocycles. The van der Waals surface area contributed by atoms with Gasteiger partial charge in [0.25, 0.3) is 11.8 Å². The molecule has 0 aliphatic carbocycles. The van der Waals surface area contributed by atoms with Gasteiger partial charge in [0.05, 0.1) is 30.3 Å². The maximum atomic E-state index is 12.8. The molecule has 164 valence electrons. The lowest BCUT2D eigenvalue weighted by atomic mass is 10.1. The highest BCUT2D eigenvalue weighted by molar-refractivity contribution is 9.10. The summed E-state index contributed by atoms with van der Waals surface area (Å²) in [5.74, 6) is 1.14. The Kier molecular flexibility index (Phi) is 5.51. The number of halogens is 1. The fourth-order valence-corrected chi connectivity index (χ4v) is 4.17. The zero-order chi connectivity index (χ0) is 22.9. The summed E-state index contributed by atoms with van der Waals surface area (Å²) in [6.45, 7) is 0.532. The molecule has 3 aromatic carbocycles.